The van der Waals surface area contributed by atoms with Crippen molar-refractivity contribution in [3.05, 3.63) is 0 Å². The van der Waals surface area contributed by atoms with Gasteiger partial charge in [0.1, 0.15) is 0 Å². The third-order valence-corrected chi connectivity index (χ3v) is 11.7. The molecule has 0 radical (unpaired) electrons. The predicted octanol–water partition coefficient (Wildman–Crippen LogP) is 4.09. The highest BCUT2D eigenvalue weighted by molar-refractivity contribution is 6.61. The van der Waals surface area contributed by atoms with Crippen LogP contribution in [0.2, 0.25) is 12.1 Å². The molecule has 2 unspecified atom stereocenters. The van der Waals surface area contributed by atoms with E-state index in [9.17, 15) is 9.59 Å². The van der Waals surface area contributed by atoms with Crippen molar-refractivity contribution < 1.29 is 45.6 Å². The van der Waals surface area contributed by atoms with Crippen LogP contribution in [0.4, 0.5) is 9.59 Å². The molecule has 0 heterocycles. The second kappa shape index (κ2) is 21.5. The summed E-state index contributed by atoms with van der Waals surface area (Å²) >= 11 is 0. The lowest BCUT2D eigenvalue weighted by Crippen LogP contribution is -2.49. The second-order valence-electron chi connectivity index (χ2n) is 8.31. The molecule has 38 heavy (non-hydrogen) atoms. The maximum absolute atomic E-state index is 12.2. The lowest BCUT2D eigenvalue weighted by atomic mass is 10.2. The molecule has 2 amide bonds. The number of alkyl carbamates (subject to hydrolysis) is 2. The summed E-state index contributed by atoms with van der Waals surface area (Å²) in [7, 11) is -5.53. The van der Waals surface area contributed by atoms with E-state index in [1.54, 1.807) is 13.8 Å². The minimum atomic E-state index is -2.77. The highest BCUT2D eigenvalue weighted by Crippen LogP contribution is 2.19. The number of nitrogens with one attached hydrogen (secondary N) is 2. The zero-order valence-electron chi connectivity index (χ0n) is 24.7. The summed E-state index contributed by atoms with van der Waals surface area (Å²) in [5.41, 5.74) is 0. The van der Waals surface area contributed by atoms with Crippen LogP contribution in [0.3, 0.4) is 0 Å². The number of amides is 2. The fraction of sp³-hybridized carbons (Fsp3) is 0.917. The third kappa shape index (κ3) is 15.4. The smallest absolute Gasteiger partial charge is 0.450 e. The van der Waals surface area contributed by atoms with Gasteiger partial charge in [-0.05, 0) is 68.2 Å². The third-order valence-electron chi connectivity index (χ3n) is 5.35. The molecule has 0 aromatic rings. The van der Waals surface area contributed by atoms with Crippen molar-refractivity contribution in [2.75, 3.05) is 52.9 Å². The van der Waals surface area contributed by atoms with E-state index in [1.165, 1.54) is 0 Å². The molecule has 0 saturated carbocycles. The highest BCUT2D eigenvalue weighted by atomic mass is 28.4. The Morgan fingerprint density at radius 3 is 1.05 bits per heavy atom. The molecule has 2 atom stereocenters. The van der Waals surface area contributed by atoms with E-state index in [4.69, 9.17) is 36.0 Å². The fourth-order valence-corrected chi connectivity index (χ4v) is 8.77. The Hall–Kier alpha value is -1.27. The molecule has 0 spiro atoms. The summed E-state index contributed by atoms with van der Waals surface area (Å²) in [6, 6.07) is 0.345. The van der Waals surface area contributed by atoms with Crippen LogP contribution in [0.25, 0.3) is 0 Å². The zero-order valence-corrected chi connectivity index (χ0v) is 26.7. The monoisotopic (exact) mass is 584 g/mol. The van der Waals surface area contributed by atoms with Gasteiger partial charge in [0.2, 0.25) is 0 Å². The summed E-state index contributed by atoms with van der Waals surface area (Å²) in [4.78, 5) is 24.4. The molecular weight excluding hydrogens is 532 g/mol. The van der Waals surface area contributed by atoms with E-state index in [2.05, 4.69) is 10.6 Å². The van der Waals surface area contributed by atoms with E-state index in [0.29, 0.717) is 64.6 Å². The topological polar surface area (TPSA) is 132 Å². The molecule has 0 saturated heterocycles. The van der Waals surface area contributed by atoms with Crippen molar-refractivity contribution in [1.29, 1.82) is 0 Å². The number of ether oxygens (including phenoxy) is 2. The molecule has 0 bridgehead atoms. The van der Waals surface area contributed by atoms with Gasteiger partial charge in [-0.25, -0.2) is 9.59 Å². The van der Waals surface area contributed by atoms with Gasteiger partial charge < -0.3 is 46.7 Å². The van der Waals surface area contributed by atoms with E-state index in [-0.39, 0.29) is 25.3 Å². The maximum Gasteiger partial charge on any atom is 0.501 e. The van der Waals surface area contributed by atoms with Gasteiger partial charge in [0.05, 0.1) is 13.2 Å². The quantitative estimate of drug-likeness (QED) is 0.134. The van der Waals surface area contributed by atoms with Crippen LogP contribution in [0.1, 0.15) is 68.2 Å². The molecule has 0 rings (SSSR count). The zero-order chi connectivity index (χ0) is 28.9. The maximum atomic E-state index is 12.2. The summed E-state index contributed by atoms with van der Waals surface area (Å²) in [6.07, 6.45) is -0.0392. The van der Waals surface area contributed by atoms with Crippen LogP contribution >= 0.6 is 0 Å². The number of hydrogen-bond donors (Lipinski definition) is 2. The van der Waals surface area contributed by atoms with Crippen LogP contribution in [0.15, 0.2) is 0 Å². The van der Waals surface area contributed by atoms with Gasteiger partial charge in [-0.2, -0.15) is 0 Å². The largest absolute Gasteiger partial charge is 0.501 e. The van der Waals surface area contributed by atoms with Crippen molar-refractivity contribution in [3.63, 3.8) is 0 Å². The van der Waals surface area contributed by atoms with Crippen LogP contribution in [-0.4, -0.2) is 94.7 Å². The van der Waals surface area contributed by atoms with E-state index >= 15 is 0 Å². The minimum Gasteiger partial charge on any atom is -0.450 e. The second-order valence-corrected chi connectivity index (χ2v) is 13.8. The SMILES string of the molecule is CCO[Si](CCCOC(=O)NC(C)C(C)NC(=O)OCCC[Si](OCC)(OCC)OCC)(OCC)OCC. The highest BCUT2D eigenvalue weighted by Gasteiger charge is 2.40. The first-order valence-corrected chi connectivity index (χ1v) is 17.7. The summed E-state index contributed by atoms with van der Waals surface area (Å²) in [5, 5.41) is 5.46. The molecule has 2 N–H and O–H groups in total. The van der Waals surface area contributed by atoms with Gasteiger partial charge in [-0.3, -0.25) is 0 Å². The molecule has 226 valence electrons. The van der Waals surface area contributed by atoms with Crippen LogP contribution in [0, 0.1) is 0 Å². The number of rotatable bonds is 23. The van der Waals surface area contributed by atoms with E-state index < -0.39 is 29.8 Å². The van der Waals surface area contributed by atoms with Crippen molar-refractivity contribution in [2.24, 2.45) is 0 Å². The predicted molar refractivity (Wildman–Crippen MR) is 148 cm³/mol. The summed E-state index contributed by atoms with van der Waals surface area (Å²) in [6.45, 7) is 18.3. The van der Waals surface area contributed by atoms with E-state index in [0.717, 1.165) is 0 Å². The Labute approximate surface area is 231 Å². The first kappa shape index (κ1) is 36.7. The van der Waals surface area contributed by atoms with Gasteiger partial charge >= 0.3 is 29.8 Å². The lowest BCUT2D eigenvalue weighted by Gasteiger charge is -2.28. The van der Waals surface area contributed by atoms with Crippen LogP contribution in [0.5, 0.6) is 0 Å². The minimum absolute atomic E-state index is 0.195. The molecule has 0 fully saturated rings. The molecule has 0 aromatic heterocycles. The standard InChI is InChI=1S/C24H52N2O10Si2/c1-9-31-37(32-10-2,33-11-3)19-15-17-29-23(27)25-21(7)22(8)26-24(28)30-18-16-20-38(34-12-4,35-13-5)36-14-6/h21-22H,9-20H2,1-8H3,(H,25,27)(H,26,28). The van der Waals surface area contributed by atoms with Crippen molar-refractivity contribution in [2.45, 2.75) is 92.4 Å². The first-order chi connectivity index (χ1) is 18.2. The van der Waals surface area contributed by atoms with Gasteiger partial charge in [-0.1, -0.05) is 0 Å². The molecule has 0 aliphatic heterocycles. The first-order valence-electron chi connectivity index (χ1n) is 13.9. The van der Waals surface area contributed by atoms with Gasteiger partial charge in [-0.15, -0.1) is 0 Å². The van der Waals surface area contributed by atoms with Crippen molar-refractivity contribution in [3.8, 4) is 0 Å². The molecule has 14 heteroatoms. The van der Waals surface area contributed by atoms with Gasteiger partial charge in [0.25, 0.3) is 0 Å². The average Bonchev–Trinajstić information content (AvgIpc) is 2.85. The molecule has 0 aromatic carbocycles. The Balaban J connectivity index is 4.41. The molecular formula is C24H52N2O10Si2. The summed E-state index contributed by atoms with van der Waals surface area (Å²) < 4.78 is 45.4. The average molecular weight is 585 g/mol. The Morgan fingerprint density at radius 1 is 0.553 bits per heavy atom. The number of hydrogen-bond acceptors (Lipinski definition) is 10. The normalized spacial score (nSPS) is 13.6. The fourth-order valence-electron chi connectivity index (χ4n) is 3.61. The number of carbonyl (C=O) groups is 2. The van der Waals surface area contributed by atoms with Crippen LogP contribution < -0.4 is 10.6 Å². The molecule has 0 aliphatic rings. The molecule has 0 aliphatic carbocycles. The lowest BCUT2D eigenvalue weighted by molar-refractivity contribution is 0.0674. The Morgan fingerprint density at radius 2 is 0.816 bits per heavy atom. The Bertz CT molecular complexity index is 547. The van der Waals surface area contributed by atoms with E-state index in [1.807, 2.05) is 41.5 Å². The van der Waals surface area contributed by atoms with Crippen molar-refractivity contribution in [1.82, 2.24) is 10.6 Å². The number of carbonyl (C=O) groups excluding carboxylic acids is 2. The van der Waals surface area contributed by atoms with Crippen molar-refractivity contribution >= 4 is 29.8 Å². The molecule has 12 nitrogen and oxygen atoms in total. The summed E-state index contributed by atoms with van der Waals surface area (Å²) in [5.74, 6) is 0. The van der Waals surface area contributed by atoms with Gasteiger partial charge in [0, 0.05) is 63.8 Å². The van der Waals surface area contributed by atoms with Crippen LogP contribution in [-0.2, 0) is 36.0 Å². The van der Waals surface area contributed by atoms with Gasteiger partial charge in [0.15, 0.2) is 0 Å². The Kier molecular flexibility index (Phi) is 20.8.